The van der Waals surface area contributed by atoms with Crippen molar-refractivity contribution in [2.75, 3.05) is 25.4 Å². The summed E-state index contributed by atoms with van der Waals surface area (Å²) in [5.41, 5.74) is 9.10. The molecule has 0 amide bonds. The number of nitrogens with two attached hydrogens (primary N) is 1. The lowest BCUT2D eigenvalue weighted by molar-refractivity contribution is 0.299. The summed E-state index contributed by atoms with van der Waals surface area (Å²) in [6, 6.07) is 7.38. The van der Waals surface area contributed by atoms with Gasteiger partial charge in [0, 0.05) is 6.54 Å². The van der Waals surface area contributed by atoms with Crippen LogP contribution in [0.4, 0.5) is 5.82 Å². The van der Waals surface area contributed by atoms with Crippen LogP contribution >= 0.6 is 0 Å². The van der Waals surface area contributed by atoms with Crippen molar-refractivity contribution in [1.29, 1.82) is 0 Å². The predicted octanol–water partition coefficient (Wildman–Crippen LogP) is 3.24. The van der Waals surface area contributed by atoms with Crippen LogP contribution in [0.2, 0.25) is 0 Å². The molecule has 29 heavy (non-hydrogen) atoms. The van der Waals surface area contributed by atoms with Crippen molar-refractivity contribution in [2.24, 2.45) is 5.92 Å². The number of hydrogen-bond donors (Lipinski definition) is 3. The lowest BCUT2D eigenvalue weighted by Gasteiger charge is -2.25. The van der Waals surface area contributed by atoms with E-state index in [0.717, 1.165) is 36.9 Å². The van der Waals surface area contributed by atoms with Gasteiger partial charge in [0.1, 0.15) is 23.6 Å². The van der Waals surface area contributed by atoms with Crippen LogP contribution in [0.1, 0.15) is 37.2 Å². The van der Waals surface area contributed by atoms with E-state index >= 15 is 0 Å². The van der Waals surface area contributed by atoms with Gasteiger partial charge in [-0.1, -0.05) is 6.07 Å². The number of rotatable bonds is 5. The van der Waals surface area contributed by atoms with Gasteiger partial charge in [-0.25, -0.2) is 15.0 Å². The molecule has 0 bridgehead atoms. The van der Waals surface area contributed by atoms with Gasteiger partial charge in [-0.05, 0) is 67.8 Å². The Morgan fingerprint density at radius 1 is 1.21 bits per heavy atom. The van der Waals surface area contributed by atoms with Crippen LogP contribution in [0.3, 0.4) is 0 Å². The van der Waals surface area contributed by atoms with Crippen molar-refractivity contribution in [3.05, 3.63) is 36.2 Å². The second-order valence-corrected chi connectivity index (χ2v) is 8.00. The first kappa shape index (κ1) is 18.1. The molecule has 1 aromatic carbocycles. The fraction of sp³-hybridized carbons (Fsp3) is 0.409. The minimum absolute atomic E-state index is 0.153. The first-order valence-electron chi connectivity index (χ1n) is 10.3. The van der Waals surface area contributed by atoms with Crippen LogP contribution in [0.5, 0.6) is 11.5 Å². The summed E-state index contributed by atoms with van der Waals surface area (Å²) in [6.45, 7) is 2.56. The Balaban J connectivity index is 1.66. The van der Waals surface area contributed by atoms with Crippen LogP contribution in [0, 0.1) is 5.92 Å². The van der Waals surface area contributed by atoms with Crippen LogP contribution in [-0.2, 0) is 0 Å². The van der Waals surface area contributed by atoms with E-state index in [4.69, 9.17) is 15.5 Å². The Labute approximate surface area is 169 Å². The summed E-state index contributed by atoms with van der Waals surface area (Å²) in [7, 11) is 0. The molecular formula is C22H25N5O2. The van der Waals surface area contributed by atoms with E-state index in [9.17, 15) is 5.11 Å². The number of piperidine rings is 1. The SMILES string of the molecule is Nc1ncnc2nc(-c3c(O)cccc3OCC3CC3)cc(C3CCCNC3)c12. The summed E-state index contributed by atoms with van der Waals surface area (Å²) in [5.74, 6) is 2.16. The maximum Gasteiger partial charge on any atom is 0.165 e. The molecule has 4 N–H and O–H groups in total. The van der Waals surface area contributed by atoms with Gasteiger partial charge in [0.2, 0.25) is 0 Å². The molecule has 1 atom stereocenters. The van der Waals surface area contributed by atoms with E-state index < -0.39 is 0 Å². The topological polar surface area (TPSA) is 106 Å². The number of fused-ring (bicyclic) bond motifs is 1. The monoisotopic (exact) mass is 391 g/mol. The van der Waals surface area contributed by atoms with Gasteiger partial charge in [-0.15, -0.1) is 0 Å². The van der Waals surface area contributed by atoms with Crippen LogP contribution in [0.25, 0.3) is 22.3 Å². The molecule has 1 aliphatic carbocycles. The van der Waals surface area contributed by atoms with E-state index in [2.05, 4.69) is 15.3 Å². The van der Waals surface area contributed by atoms with Gasteiger partial charge in [0.05, 0.1) is 23.3 Å². The molecule has 1 saturated carbocycles. The molecule has 3 heterocycles. The molecule has 2 fully saturated rings. The second-order valence-electron chi connectivity index (χ2n) is 8.00. The first-order valence-corrected chi connectivity index (χ1v) is 10.3. The molecule has 5 rings (SSSR count). The summed E-state index contributed by atoms with van der Waals surface area (Å²) in [5, 5.41) is 14.9. The highest BCUT2D eigenvalue weighted by atomic mass is 16.5. The molecule has 150 valence electrons. The third-order valence-corrected chi connectivity index (χ3v) is 5.83. The van der Waals surface area contributed by atoms with Crippen LogP contribution in [-0.4, -0.2) is 39.8 Å². The Morgan fingerprint density at radius 3 is 2.90 bits per heavy atom. The molecule has 1 unspecified atom stereocenters. The second kappa shape index (κ2) is 7.48. The van der Waals surface area contributed by atoms with Gasteiger partial charge >= 0.3 is 0 Å². The number of nitrogens with one attached hydrogen (secondary N) is 1. The van der Waals surface area contributed by atoms with Crippen molar-refractivity contribution < 1.29 is 9.84 Å². The number of phenolic OH excluding ortho intramolecular Hbond substituents is 1. The van der Waals surface area contributed by atoms with Gasteiger partial charge in [0.25, 0.3) is 0 Å². The number of phenols is 1. The fourth-order valence-electron chi connectivity index (χ4n) is 4.07. The number of aromatic nitrogens is 3. The molecule has 0 spiro atoms. The van der Waals surface area contributed by atoms with E-state index in [0.29, 0.717) is 46.9 Å². The number of aromatic hydroxyl groups is 1. The number of ether oxygens (including phenoxy) is 1. The standard InChI is InChI=1S/C22H25N5O2/c23-21-19-15(14-3-2-8-24-10-14)9-16(27-22(19)26-12-25-21)20-17(28)4-1-5-18(20)29-11-13-6-7-13/h1,4-5,9,12-14,24,28H,2-3,6-8,10-11H2,(H2,23,25,26,27). The molecule has 2 aliphatic rings. The largest absolute Gasteiger partial charge is 0.507 e. The van der Waals surface area contributed by atoms with Gasteiger partial charge in [-0.2, -0.15) is 0 Å². The lowest BCUT2D eigenvalue weighted by atomic mass is 9.89. The molecule has 0 radical (unpaired) electrons. The van der Waals surface area contributed by atoms with Crippen molar-refractivity contribution in [2.45, 2.75) is 31.6 Å². The normalized spacial score (nSPS) is 19.4. The zero-order valence-electron chi connectivity index (χ0n) is 16.3. The lowest BCUT2D eigenvalue weighted by Crippen LogP contribution is -2.28. The Kier molecular flexibility index (Phi) is 4.67. The summed E-state index contributed by atoms with van der Waals surface area (Å²) in [6.07, 6.45) is 6.01. The zero-order valence-corrected chi connectivity index (χ0v) is 16.3. The molecule has 7 nitrogen and oxygen atoms in total. The number of pyridine rings is 1. The highest BCUT2D eigenvalue weighted by Gasteiger charge is 2.25. The molecule has 7 heteroatoms. The third-order valence-electron chi connectivity index (χ3n) is 5.83. The number of nitrogen functional groups attached to an aromatic ring is 1. The average Bonchev–Trinajstić information content (AvgIpc) is 3.57. The van der Waals surface area contributed by atoms with E-state index in [1.165, 1.54) is 19.2 Å². The van der Waals surface area contributed by atoms with Crippen molar-refractivity contribution >= 4 is 16.9 Å². The van der Waals surface area contributed by atoms with Gasteiger partial charge in [0.15, 0.2) is 5.65 Å². The van der Waals surface area contributed by atoms with Crippen LogP contribution < -0.4 is 15.8 Å². The van der Waals surface area contributed by atoms with Gasteiger partial charge < -0.3 is 20.9 Å². The fourth-order valence-corrected chi connectivity index (χ4v) is 4.07. The maximum absolute atomic E-state index is 10.7. The van der Waals surface area contributed by atoms with Crippen molar-refractivity contribution in [3.8, 4) is 22.8 Å². The van der Waals surface area contributed by atoms with E-state index in [1.807, 2.05) is 12.1 Å². The van der Waals surface area contributed by atoms with Crippen molar-refractivity contribution in [3.63, 3.8) is 0 Å². The van der Waals surface area contributed by atoms with E-state index in [-0.39, 0.29) is 5.75 Å². The average molecular weight is 391 g/mol. The minimum Gasteiger partial charge on any atom is -0.507 e. The molecule has 3 aromatic rings. The number of anilines is 1. The predicted molar refractivity (Wildman–Crippen MR) is 112 cm³/mol. The quantitative estimate of drug-likeness (QED) is 0.613. The highest BCUT2D eigenvalue weighted by molar-refractivity contribution is 5.92. The molecule has 1 aliphatic heterocycles. The Hall–Kier alpha value is -2.93. The van der Waals surface area contributed by atoms with E-state index in [1.54, 1.807) is 12.1 Å². The number of benzene rings is 1. The smallest absolute Gasteiger partial charge is 0.165 e. The molecule has 1 saturated heterocycles. The van der Waals surface area contributed by atoms with Crippen LogP contribution in [0.15, 0.2) is 30.6 Å². The highest BCUT2D eigenvalue weighted by Crippen LogP contribution is 2.41. The summed E-state index contributed by atoms with van der Waals surface area (Å²) >= 11 is 0. The Morgan fingerprint density at radius 2 is 2.10 bits per heavy atom. The van der Waals surface area contributed by atoms with Crippen molar-refractivity contribution in [1.82, 2.24) is 20.3 Å². The number of hydrogen-bond acceptors (Lipinski definition) is 7. The molecular weight excluding hydrogens is 366 g/mol. The first-order chi connectivity index (χ1) is 14.2. The minimum atomic E-state index is 0.153. The van der Waals surface area contributed by atoms with Gasteiger partial charge in [-0.3, -0.25) is 0 Å². The number of nitrogens with zero attached hydrogens (tertiary/aromatic N) is 3. The maximum atomic E-state index is 10.7. The third kappa shape index (κ3) is 3.58. The summed E-state index contributed by atoms with van der Waals surface area (Å²) in [4.78, 5) is 13.3. The Bertz CT molecular complexity index is 1040. The summed E-state index contributed by atoms with van der Waals surface area (Å²) < 4.78 is 6.05. The molecule has 2 aromatic heterocycles. The zero-order chi connectivity index (χ0) is 19.8.